The molecule has 0 heterocycles. The van der Waals surface area contributed by atoms with Gasteiger partial charge in [-0.15, -0.1) is 0 Å². The Morgan fingerprint density at radius 2 is 2.07 bits per heavy atom. The number of hydrogen-bond acceptors (Lipinski definition) is 4. The van der Waals surface area contributed by atoms with Gasteiger partial charge in [-0.05, 0) is 39.4 Å². The monoisotopic (exact) mass is 200 g/mol. The first-order valence-electron chi connectivity index (χ1n) is 4.92. The molecule has 0 atom stereocenters. The van der Waals surface area contributed by atoms with Gasteiger partial charge in [-0.1, -0.05) is 6.58 Å². The average molecular weight is 200 g/mol. The summed E-state index contributed by atoms with van der Waals surface area (Å²) in [6.45, 7) is 8.06. The Kier molecular flexibility index (Phi) is 8.17. The van der Waals surface area contributed by atoms with Crippen molar-refractivity contribution in [3.05, 3.63) is 12.2 Å². The van der Waals surface area contributed by atoms with Crippen molar-refractivity contribution in [2.24, 2.45) is 5.73 Å². The van der Waals surface area contributed by atoms with E-state index in [0.717, 1.165) is 25.9 Å². The Morgan fingerprint density at radius 1 is 1.43 bits per heavy atom. The van der Waals surface area contributed by atoms with E-state index in [-0.39, 0.29) is 5.97 Å². The first-order valence-corrected chi connectivity index (χ1v) is 4.92. The normalized spacial score (nSPS) is 9.86. The summed E-state index contributed by atoms with van der Waals surface area (Å²) in [6, 6.07) is 0. The second kappa shape index (κ2) is 8.72. The molecule has 0 amide bonds. The number of carbonyl (C=O) groups is 1. The van der Waals surface area contributed by atoms with Crippen LogP contribution in [0.15, 0.2) is 12.2 Å². The molecule has 0 aromatic rings. The Labute approximate surface area is 85.5 Å². The molecular weight excluding hydrogens is 180 g/mol. The molecule has 0 saturated heterocycles. The summed E-state index contributed by atoms with van der Waals surface area (Å²) in [7, 11) is 0. The number of ether oxygens (including phenoxy) is 1. The van der Waals surface area contributed by atoms with Gasteiger partial charge in [0.2, 0.25) is 0 Å². The van der Waals surface area contributed by atoms with Gasteiger partial charge >= 0.3 is 5.97 Å². The number of nitrogens with one attached hydrogen (secondary N) is 1. The van der Waals surface area contributed by atoms with Gasteiger partial charge in [0.1, 0.15) is 0 Å². The molecule has 0 aliphatic carbocycles. The number of nitrogens with two attached hydrogens (primary N) is 1. The third kappa shape index (κ3) is 7.76. The van der Waals surface area contributed by atoms with E-state index in [4.69, 9.17) is 10.5 Å². The van der Waals surface area contributed by atoms with E-state index >= 15 is 0 Å². The number of hydrogen-bond donors (Lipinski definition) is 2. The molecule has 3 N–H and O–H groups in total. The van der Waals surface area contributed by atoms with Crippen molar-refractivity contribution >= 4 is 5.97 Å². The molecule has 14 heavy (non-hydrogen) atoms. The molecule has 82 valence electrons. The van der Waals surface area contributed by atoms with Gasteiger partial charge in [-0.25, -0.2) is 4.79 Å². The number of carbonyl (C=O) groups excluding carboxylic acids is 1. The summed E-state index contributed by atoms with van der Waals surface area (Å²) in [5, 5.41) is 3.20. The fourth-order valence-electron chi connectivity index (χ4n) is 0.837. The van der Waals surface area contributed by atoms with Crippen molar-refractivity contribution in [2.45, 2.75) is 19.8 Å². The summed E-state index contributed by atoms with van der Waals surface area (Å²) in [5.41, 5.74) is 5.77. The van der Waals surface area contributed by atoms with Crippen molar-refractivity contribution in [3.8, 4) is 0 Å². The van der Waals surface area contributed by atoms with E-state index in [1.165, 1.54) is 0 Å². The largest absolute Gasteiger partial charge is 0.462 e. The quantitative estimate of drug-likeness (QED) is 0.339. The van der Waals surface area contributed by atoms with Gasteiger partial charge in [-0.2, -0.15) is 0 Å². The van der Waals surface area contributed by atoms with Gasteiger partial charge in [0.25, 0.3) is 0 Å². The van der Waals surface area contributed by atoms with E-state index in [0.29, 0.717) is 18.7 Å². The van der Waals surface area contributed by atoms with Crippen molar-refractivity contribution < 1.29 is 9.53 Å². The minimum atomic E-state index is -0.313. The van der Waals surface area contributed by atoms with Crippen LogP contribution in [0.25, 0.3) is 0 Å². The summed E-state index contributed by atoms with van der Waals surface area (Å²) in [4.78, 5) is 10.9. The highest BCUT2D eigenvalue weighted by Gasteiger charge is 2.01. The molecule has 0 aromatic heterocycles. The van der Waals surface area contributed by atoms with Crippen LogP contribution < -0.4 is 11.1 Å². The zero-order valence-electron chi connectivity index (χ0n) is 8.84. The Balaban J connectivity index is 3.13. The molecule has 4 heteroatoms. The Morgan fingerprint density at radius 3 is 2.64 bits per heavy atom. The third-order valence-electron chi connectivity index (χ3n) is 1.64. The minimum absolute atomic E-state index is 0.313. The lowest BCUT2D eigenvalue weighted by atomic mass is 10.3. The molecule has 0 rings (SSSR count). The van der Waals surface area contributed by atoms with Gasteiger partial charge in [0.05, 0.1) is 6.61 Å². The van der Waals surface area contributed by atoms with Crippen LogP contribution in [0.5, 0.6) is 0 Å². The topological polar surface area (TPSA) is 64.3 Å². The zero-order valence-corrected chi connectivity index (χ0v) is 8.84. The van der Waals surface area contributed by atoms with Crippen LogP contribution in [0, 0.1) is 0 Å². The lowest BCUT2D eigenvalue weighted by Gasteiger charge is -2.05. The average Bonchev–Trinajstić information content (AvgIpc) is 2.16. The highest BCUT2D eigenvalue weighted by molar-refractivity contribution is 5.86. The van der Waals surface area contributed by atoms with E-state index < -0.39 is 0 Å². The molecule has 0 aromatic carbocycles. The van der Waals surface area contributed by atoms with Gasteiger partial charge in [0.15, 0.2) is 0 Å². The Bertz CT molecular complexity index is 181. The molecule has 0 fully saturated rings. The van der Waals surface area contributed by atoms with Crippen molar-refractivity contribution in [1.29, 1.82) is 0 Å². The fraction of sp³-hybridized carbons (Fsp3) is 0.700. The predicted molar refractivity (Wildman–Crippen MR) is 56.9 cm³/mol. The SMILES string of the molecule is C=C(C)C(=O)OCCCNCCCN. The van der Waals surface area contributed by atoms with Gasteiger partial charge < -0.3 is 15.8 Å². The van der Waals surface area contributed by atoms with E-state index in [1.54, 1.807) is 6.92 Å². The standard InChI is InChI=1S/C10H20N2O2/c1-9(2)10(13)14-8-4-7-12-6-3-5-11/h12H,1,3-8,11H2,2H3. The summed E-state index contributed by atoms with van der Waals surface area (Å²) < 4.78 is 4.91. The van der Waals surface area contributed by atoms with Crippen LogP contribution in [0.4, 0.5) is 0 Å². The molecule has 0 aliphatic rings. The predicted octanol–water partition coefficient (Wildman–Crippen LogP) is 0.434. The summed E-state index contributed by atoms with van der Waals surface area (Å²) in [5.74, 6) is -0.313. The van der Waals surface area contributed by atoms with Crippen molar-refractivity contribution in [3.63, 3.8) is 0 Å². The molecule has 0 aliphatic heterocycles. The zero-order chi connectivity index (χ0) is 10.8. The first kappa shape index (κ1) is 13.1. The molecular formula is C10H20N2O2. The van der Waals surface area contributed by atoms with Gasteiger partial charge in [-0.3, -0.25) is 0 Å². The van der Waals surface area contributed by atoms with Crippen LogP contribution in [0.2, 0.25) is 0 Å². The molecule has 0 unspecified atom stereocenters. The van der Waals surface area contributed by atoms with Crippen molar-refractivity contribution in [2.75, 3.05) is 26.2 Å². The Hall–Kier alpha value is -0.870. The van der Waals surface area contributed by atoms with E-state index in [2.05, 4.69) is 11.9 Å². The lowest BCUT2D eigenvalue weighted by molar-refractivity contribution is -0.139. The molecule has 0 bridgehead atoms. The molecule has 0 saturated carbocycles. The number of esters is 1. The third-order valence-corrected chi connectivity index (χ3v) is 1.64. The van der Waals surface area contributed by atoms with E-state index in [1.807, 2.05) is 0 Å². The van der Waals surface area contributed by atoms with Crippen molar-refractivity contribution in [1.82, 2.24) is 5.32 Å². The smallest absolute Gasteiger partial charge is 0.333 e. The summed E-state index contributed by atoms with van der Waals surface area (Å²) in [6.07, 6.45) is 1.80. The maximum atomic E-state index is 10.9. The highest BCUT2D eigenvalue weighted by atomic mass is 16.5. The summed E-state index contributed by atoms with van der Waals surface area (Å²) >= 11 is 0. The maximum absolute atomic E-state index is 10.9. The van der Waals surface area contributed by atoms with Crippen LogP contribution in [-0.4, -0.2) is 32.2 Å². The lowest BCUT2D eigenvalue weighted by Crippen LogP contribution is -2.21. The van der Waals surface area contributed by atoms with E-state index in [9.17, 15) is 4.79 Å². The molecule has 0 spiro atoms. The first-order chi connectivity index (χ1) is 6.68. The van der Waals surface area contributed by atoms with Crippen LogP contribution in [0.3, 0.4) is 0 Å². The van der Waals surface area contributed by atoms with Crippen LogP contribution >= 0.6 is 0 Å². The maximum Gasteiger partial charge on any atom is 0.333 e. The fourth-order valence-corrected chi connectivity index (χ4v) is 0.837. The number of rotatable bonds is 8. The molecule has 0 radical (unpaired) electrons. The molecule has 4 nitrogen and oxygen atoms in total. The minimum Gasteiger partial charge on any atom is -0.462 e. The van der Waals surface area contributed by atoms with Gasteiger partial charge in [0, 0.05) is 5.57 Å². The van der Waals surface area contributed by atoms with Crippen LogP contribution in [0.1, 0.15) is 19.8 Å². The van der Waals surface area contributed by atoms with Crippen LogP contribution in [-0.2, 0) is 9.53 Å². The second-order valence-corrected chi connectivity index (χ2v) is 3.16. The highest BCUT2D eigenvalue weighted by Crippen LogP contribution is 1.92. The second-order valence-electron chi connectivity index (χ2n) is 3.16.